The van der Waals surface area contributed by atoms with Crippen LogP contribution in [0.4, 0.5) is 0 Å². The first-order valence-electron chi connectivity index (χ1n) is 16.0. The van der Waals surface area contributed by atoms with Crippen molar-refractivity contribution in [2.75, 3.05) is 0 Å². The van der Waals surface area contributed by atoms with Crippen molar-refractivity contribution in [1.29, 1.82) is 0 Å². The van der Waals surface area contributed by atoms with Crippen LogP contribution in [0.3, 0.4) is 0 Å². The second kappa shape index (κ2) is 10.2. The molecule has 0 saturated heterocycles. The number of fused-ring (bicyclic) bond motifs is 2. The van der Waals surface area contributed by atoms with Crippen LogP contribution in [0.25, 0.3) is 34.4 Å². The summed E-state index contributed by atoms with van der Waals surface area (Å²) in [4.78, 5) is 0. The van der Waals surface area contributed by atoms with E-state index < -0.39 is 0 Å². The zero-order chi connectivity index (χ0) is 30.9. The summed E-state index contributed by atoms with van der Waals surface area (Å²) in [7, 11) is 0. The molecule has 0 aliphatic heterocycles. The van der Waals surface area contributed by atoms with Gasteiger partial charge in [-0.2, -0.15) is 0 Å². The van der Waals surface area contributed by atoms with E-state index >= 15 is 0 Å². The van der Waals surface area contributed by atoms with Crippen molar-refractivity contribution in [1.82, 2.24) is 0 Å². The molecular formula is C43H48. The summed E-state index contributed by atoms with van der Waals surface area (Å²) in [5.41, 5.74) is 17.0. The van der Waals surface area contributed by atoms with Crippen molar-refractivity contribution in [3.8, 4) is 22.3 Å². The Labute approximate surface area is 260 Å². The lowest BCUT2D eigenvalue weighted by molar-refractivity contribution is 0.275. The molecule has 0 aromatic heterocycles. The van der Waals surface area contributed by atoms with Gasteiger partial charge in [-0.3, -0.25) is 0 Å². The molecule has 0 saturated carbocycles. The maximum atomic E-state index is 2.50. The Morgan fingerprint density at radius 3 is 1.12 bits per heavy atom. The first-order valence-corrected chi connectivity index (χ1v) is 16.0. The summed E-state index contributed by atoms with van der Waals surface area (Å²) in [6.45, 7) is 23.4. The normalized spacial score (nSPS) is 18.3. The van der Waals surface area contributed by atoms with E-state index in [2.05, 4.69) is 166 Å². The van der Waals surface area contributed by atoms with E-state index in [0.29, 0.717) is 11.8 Å². The number of benzene rings is 4. The summed E-state index contributed by atoms with van der Waals surface area (Å²) in [6, 6.07) is 32.4. The van der Waals surface area contributed by atoms with Crippen LogP contribution in [0.2, 0.25) is 0 Å². The topological polar surface area (TPSA) is 0 Å². The van der Waals surface area contributed by atoms with Gasteiger partial charge in [-0.05, 0) is 85.7 Å². The summed E-state index contributed by atoms with van der Waals surface area (Å²) in [6.07, 6.45) is 4.94. The molecule has 2 atom stereocenters. The predicted molar refractivity (Wildman–Crippen MR) is 188 cm³/mol. The second-order valence-electron chi connectivity index (χ2n) is 15.7. The largest absolute Gasteiger partial charge is 0.0646 e. The van der Waals surface area contributed by atoms with Crippen LogP contribution in [0.1, 0.15) is 114 Å². The molecule has 0 spiro atoms. The molecule has 0 nitrogen and oxygen atoms in total. The first-order chi connectivity index (χ1) is 20.2. The Hall–Kier alpha value is -3.64. The Bertz CT molecular complexity index is 1610. The lowest BCUT2D eigenvalue weighted by Crippen LogP contribution is -2.29. The molecule has 43 heavy (non-hydrogen) atoms. The quantitative estimate of drug-likeness (QED) is 0.231. The van der Waals surface area contributed by atoms with Crippen LogP contribution in [0.15, 0.2) is 96.1 Å². The van der Waals surface area contributed by atoms with E-state index in [4.69, 9.17) is 0 Å². The molecule has 0 bridgehead atoms. The fraction of sp³-hybridized carbons (Fsp3) is 0.349. The van der Waals surface area contributed by atoms with Crippen molar-refractivity contribution in [2.45, 2.75) is 91.9 Å². The standard InChI is InChI=1S/C43H48/c1-27-25-37-33(29-17-21-31(22-18-29)41(3,4)5)13-11-15-35(37)39(27)43(9,10)40-28(2)26-38-34(14-12-16-36(38)40)30-19-23-32(24-20-30)42(6,7)8/h11-26,39-40H,1-10H3. The molecule has 0 radical (unpaired) electrons. The highest BCUT2D eigenvalue weighted by atomic mass is 14.5. The molecule has 0 fully saturated rings. The lowest BCUT2D eigenvalue weighted by Gasteiger charge is -2.41. The third kappa shape index (κ3) is 5.04. The van der Waals surface area contributed by atoms with Gasteiger partial charge in [0.15, 0.2) is 0 Å². The third-order valence-electron chi connectivity index (χ3n) is 10.2. The lowest BCUT2D eigenvalue weighted by atomic mass is 9.62. The zero-order valence-electron chi connectivity index (χ0n) is 27.9. The molecule has 4 aromatic carbocycles. The van der Waals surface area contributed by atoms with Crippen molar-refractivity contribution < 1.29 is 0 Å². The van der Waals surface area contributed by atoms with Crippen LogP contribution in [0, 0.1) is 5.41 Å². The van der Waals surface area contributed by atoms with E-state index in [1.54, 1.807) is 0 Å². The van der Waals surface area contributed by atoms with Gasteiger partial charge < -0.3 is 0 Å². The molecule has 0 amide bonds. The Balaban J connectivity index is 1.38. The number of rotatable bonds is 4. The van der Waals surface area contributed by atoms with Gasteiger partial charge in [0.1, 0.15) is 0 Å². The van der Waals surface area contributed by atoms with Crippen LogP contribution < -0.4 is 0 Å². The Kier molecular flexibility index (Phi) is 7.00. The minimum atomic E-state index is 0.00109. The number of hydrogen-bond donors (Lipinski definition) is 0. The zero-order valence-corrected chi connectivity index (χ0v) is 27.9. The number of allylic oxidation sites excluding steroid dienone is 2. The van der Waals surface area contributed by atoms with E-state index in [1.807, 2.05) is 0 Å². The van der Waals surface area contributed by atoms with E-state index in [0.717, 1.165) is 0 Å². The summed E-state index contributed by atoms with van der Waals surface area (Å²) in [5, 5.41) is 0. The van der Waals surface area contributed by atoms with E-state index in [9.17, 15) is 0 Å². The van der Waals surface area contributed by atoms with Gasteiger partial charge in [0.05, 0.1) is 0 Å². The van der Waals surface area contributed by atoms with Gasteiger partial charge in [0.25, 0.3) is 0 Å². The highest BCUT2D eigenvalue weighted by Crippen LogP contribution is 2.59. The van der Waals surface area contributed by atoms with Crippen LogP contribution in [0.5, 0.6) is 0 Å². The fourth-order valence-corrected chi connectivity index (χ4v) is 8.05. The predicted octanol–water partition coefficient (Wildman–Crippen LogP) is 12.3. The van der Waals surface area contributed by atoms with Gasteiger partial charge in [-0.1, -0.05) is 164 Å². The summed E-state index contributed by atoms with van der Waals surface area (Å²) < 4.78 is 0. The third-order valence-corrected chi connectivity index (χ3v) is 10.2. The van der Waals surface area contributed by atoms with Gasteiger partial charge >= 0.3 is 0 Å². The molecular weight excluding hydrogens is 516 g/mol. The van der Waals surface area contributed by atoms with Gasteiger partial charge in [-0.25, -0.2) is 0 Å². The molecule has 2 unspecified atom stereocenters. The monoisotopic (exact) mass is 564 g/mol. The van der Waals surface area contributed by atoms with Gasteiger partial charge in [0, 0.05) is 11.8 Å². The molecule has 0 heterocycles. The van der Waals surface area contributed by atoms with Crippen molar-refractivity contribution in [3.05, 3.63) is 129 Å². The second-order valence-corrected chi connectivity index (χ2v) is 15.7. The smallest absolute Gasteiger partial charge is 0.0115 e. The van der Waals surface area contributed by atoms with Crippen molar-refractivity contribution in [2.24, 2.45) is 5.41 Å². The molecule has 220 valence electrons. The molecule has 0 N–H and O–H groups in total. The number of hydrogen-bond acceptors (Lipinski definition) is 0. The molecule has 0 heteroatoms. The minimum Gasteiger partial charge on any atom is -0.0646 e. The van der Waals surface area contributed by atoms with E-state index in [-0.39, 0.29) is 16.2 Å². The van der Waals surface area contributed by atoms with Crippen molar-refractivity contribution in [3.63, 3.8) is 0 Å². The summed E-state index contributed by atoms with van der Waals surface area (Å²) >= 11 is 0. The molecule has 4 aromatic rings. The Morgan fingerprint density at radius 2 is 0.791 bits per heavy atom. The van der Waals surface area contributed by atoms with Crippen molar-refractivity contribution >= 4 is 12.2 Å². The maximum Gasteiger partial charge on any atom is 0.0115 e. The van der Waals surface area contributed by atoms with Crippen LogP contribution in [-0.4, -0.2) is 0 Å². The molecule has 2 aliphatic rings. The SMILES string of the molecule is CC1=Cc2c(-c3ccc(C(C)(C)C)cc3)cccc2C1C(C)(C)C1C(C)=Cc2c(-c3ccc(C(C)(C)C)cc3)cccc21. The highest BCUT2D eigenvalue weighted by molar-refractivity contribution is 5.84. The maximum absolute atomic E-state index is 2.50. The Morgan fingerprint density at radius 1 is 0.442 bits per heavy atom. The molecule has 2 aliphatic carbocycles. The first kappa shape index (κ1) is 29.4. The van der Waals surface area contributed by atoms with E-state index in [1.165, 1.54) is 66.8 Å². The highest BCUT2D eigenvalue weighted by Gasteiger charge is 2.45. The van der Waals surface area contributed by atoms with Gasteiger partial charge in [-0.15, -0.1) is 0 Å². The average Bonchev–Trinajstić information content (AvgIpc) is 3.48. The van der Waals surface area contributed by atoms with Crippen LogP contribution >= 0.6 is 0 Å². The summed E-state index contributed by atoms with van der Waals surface area (Å²) in [5.74, 6) is 0.704. The minimum absolute atomic E-state index is 0.00109. The average molecular weight is 565 g/mol. The molecule has 6 rings (SSSR count). The van der Waals surface area contributed by atoms with Gasteiger partial charge in [0.2, 0.25) is 0 Å². The fourth-order valence-electron chi connectivity index (χ4n) is 8.05. The van der Waals surface area contributed by atoms with Crippen LogP contribution in [-0.2, 0) is 10.8 Å².